The second-order valence-electron chi connectivity index (χ2n) is 4.24. The molecule has 0 N–H and O–H groups in total. The standard InChI is InChI=1S/C10H18Si2/c1-11(2)12(3,4)10-8-6-5-7-9-10/h5-9,11H,1-4H3. The van der Waals surface area contributed by atoms with E-state index in [1.54, 1.807) is 5.19 Å². The predicted octanol–water partition coefficient (Wildman–Crippen LogP) is 2.17. The Labute approximate surface area is 78.0 Å². The number of hydrogen-bond donors (Lipinski definition) is 0. The maximum atomic E-state index is 2.50. The lowest BCUT2D eigenvalue weighted by Crippen LogP contribution is -2.52. The van der Waals surface area contributed by atoms with Crippen molar-refractivity contribution < 1.29 is 0 Å². The minimum atomic E-state index is -1.02. The van der Waals surface area contributed by atoms with Gasteiger partial charge in [-0.25, -0.2) is 0 Å². The summed E-state index contributed by atoms with van der Waals surface area (Å²) >= 11 is 0. The van der Waals surface area contributed by atoms with Crippen molar-refractivity contribution in [2.75, 3.05) is 0 Å². The summed E-state index contributed by atoms with van der Waals surface area (Å²) < 4.78 is 0. The molecule has 0 saturated heterocycles. The molecule has 0 aromatic heterocycles. The van der Waals surface area contributed by atoms with Gasteiger partial charge in [0.15, 0.2) is 0 Å². The van der Waals surface area contributed by atoms with Crippen LogP contribution in [0.25, 0.3) is 0 Å². The van der Waals surface area contributed by atoms with E-state index in [0.717, 1.165) is 0 Å². The van der Waals surface area contributed by atoms with Gasteiger partial charge in [-0.05, 0) is 0 Å². The van der Waals surface area contributed by atoms with E-state index < -0.39 is 15.9 Å². The second kappa shape index (κ2) is 3.58. The lowest BCUT2D eigenvalue weighted by atomic mass is 10.4. The van der Waals surface area contributed by atoms with Gasteiger partial charge in [0.1, 0.15) is 0 Å². The van der Waals surface area contributed by atoms with Gasteiger partial charge in [-0.15, -0.1) is 0 Å². The second-order valence-corrected chi connectivity index (χ2v) is 18.4. The first-order valence-electron chi connectivity index (χ1n) is 4.60. The van der Waals surface area contributed by atoms with Crippen molar-refractivity contribution in [1.29, 1.82) is 0 Å². The molecule has 1 aromatic carbocycles. The van der Waals surface area contributed by atoms with Crippen molar-refractivity contribution in [1.82, 2.24) is 0 Å². The molecule has 0 aliphatic heterocycles. The molecule has 1 rings (SSSR count). The van der Waals surface area contributed by atoms with Crippen molar-refractivity contribution in [3.05, 3.63) is 30.3 Å². The molecule has 0 nitrogen and oxygen atoms in total. The van der Waals surface area contributed by atoms with Crippen molar-refractivity contribution >= 4 is 21.1 Å². The highest BCUT2D eigenvalue weighted by Crippen LogP contribution is 2.07. The minimum absolute atomic E-state index is 0.467. The van der Waals surface area contributed by atoms with Crippen molar-refractivity contribution in [3.8, 4) is 0 Å². The van der Waals surface area contributed by atoms with E-state index in [2.05, 4.69) is 56.5 Å². The van der Waals surface area contributed by atoms with Gasteiger partial charge in [0.25, 0.3) is 0 Å². The number of benzene rings is 1. The average Bonchev–Trinajstić information content (AvgIpc) is 2.06. The van der Waals surface area contributed by atoms with E-state index in [1.807, 2.05) is 0 Å². The largest absolute Gasteiger partial charge is 0.0738 e. The van der Waals surface area contributed by atoms with Gasteiger partial charge in [0, 0.05) is 8.31 Å². The third-order valence-electron chi connectivity index (χ3n) is 2.96. The Morgan fingerprint density at radius 3 is 1.92 bits per heavy atom. The summed E-state index contributed by atoms with van der Waals surface area (Å²) in [6.45, 7) is 9.94. The molecule has 0 radical (unpaired) electrons. The molecule has 1 aromatic rings. The van der Waals surface area contributed by atoms with Gasteiger partial charge in [0.05, 0.1) is 7.59 Å². The first-order valence-corrected chi connectivity index (χ1v) is 11.7. The van der Waals surface area contributed by atoms with Crippen LogP contribution in [-0.4, -0.2) is 15.9 Å². The average molecular weight is 194 g/mol. The van der Waals surface area contributed by atoms with Crippen LogP contribution in [0.1, 0.15) is 0 Å². The van der Waals surface area contributed by atoms with Crippen molar-refractivity contribution in [2.45, 2.75) is 26.2 Å². The molecular formula is C10H18Si2. The van der Waals surface area contributed by atoms with Crippen LogP contribution in [0.2, 0.25) is 26.2 Å². The summed E-state index contributed by atoms with van der Waals surface area (Å²) in [6.07, 6.45) is 0. The summed E-state index contributed by atoms with van der Waals surface area (Å²) in [5.74, 6) is 0. The predicted molar refractivity (Wildman–Crippen MR) is 62.4 cm³/mol. The Morgan fingerprint density at radius 2 is 1.50 bits per heavy atom. The van der Waals surface area contributed by atoms with Crippen LogP contribution >= 0.6 is 0 Å². The van der Waals surface area contributed by atoms with Crippen LogP contribution in [0.15, 0.2) is 30.3 Å². The highest BCUT2D eigenvalue weighted by Gasteiger charge is 2.27. The fraction of sp³-hybridized carbons (Fsp3) is 0.400. The van der Waals surface area contributed by atoms with E-state index in [0.29, 0.717) is 0 Å². The van der Waals surface area contributed by atoms with E-state index in [-0.39, 0.29) is 0 Å². The Hall–Kier alpha value is -0.346. The Morgan fingerprint density at radius 1 is 1.00 bits per heavy atom. The monoisotopic (exact) mass is 194 g/mol. The fourth-order valence-corrected chi connectivity index (χ4v) is 5.50. The zero-order chi connectivity index (χ0) is 9.19. The normalized spacial score (nSPS) is 12.1. The molecule has 0 saturated carbocycles. The molecule has 0 atom stereocenters. The molecule has 0 spiro atoms. The van der Waals surface area contributed by atoms with Crippen LogP contribution in [0, 0.1) is 0 Å². The molecule has 0 aliphatic carbocycles. The van der Waals surface area contributed by atoms with Gasteiger partial charge in [-0.2, -0.15) is 0 Å². The van der Waals surface area contributed by atoms with Gasteiger partial charge in [-0.1, -0.05) is 61.7 Å². The SMILES string of the molecule is C[SiH](C)[Si](C)(C)c1ccccc1. The Bertz CT molecular complexity index is 239. The highest BCUT2D eigenvalue weighted by molar-refractivity contribution is 7.37. The van der Waals surface area contributed by atoms with Crippen molar-refractivity contribution in [3.63, 3.8) is 0 Å². The summed E-state index contributed by atoms with van der Waals surface area (Å²) in [6, 6.07) is 11.1. The fourth-order valence-electron chi connectivity index (χ4n) is 1.20. The lowest BCUT2D eigenvalue weighted by Gasteiger charge is -2.26. The zero-order valence-electron chi connectivity index (χ0n) is 8.46. The molecule has 0 amide bonds. The first-order chi connectivity index (χ1) is 5.55. The zero-order valence-corrected chi connectivity index (χ0v) is 10.6. The topological polar surface area (TPSA) is 0 Å². The third-order valence-corrected chi connectivity index (χ3v) is 17.3. The number of rotatable bonds is 2. The Kier molecular flexibility index (Phi) is 2.91. The summed E-state index contributed by atoms with van der Waals surface area (Å²) in [7, 11) is -1.49. The Balaban J connectivity index is 2.98. The smallest absolute Gasteiger partial charge is 0.0701 e. The molecule has 0 unspecified atom stereocenters. The summed E-state index contributed by atoms with van der Waals surface area (Å²) in [5, 5.41) is 1.63. The number of hydrogen-bond acceptors (Lipinski definition) is 0. The van der Waals surface area contributed by atoms with Gasteiger partial charge in [0.2, 0.25) is 0 Å². The molecular weight excluding hydrogens is 176 g/mol. The highest BCUT2D eigenvalue weighted by atomic mass is 29.2. The van der Waals surface area contributed by atoms with E-state index in [9.17, 15) is 0 Å². The van der Waals surface area contributed by atoms with Gasteiger partial charge < -0.3 is 0 Å². The van der Waals surface area contributed by atoms with Crippen LogP contribution in [0.3, 0.4) is 0 Å². The third kappa shape index (κ3) is 1.87. The molecule has 0 aliphatic rings. The summed E-state index contributed by atoms with van der Waals surface area (Å²) in [5.41, 5.74) is 0. The molecule has 0 bridgehead atoms. The van der Waals surface area contributed by atoms with E-state index >= 15 is 0 Å². The summed E-state index contributed by atoms with van der Waals surface area (Å²) in [4.78, 5) is 0. The maximum absolute atomic E-state index is 2.50. The molecule has 66 valence electrons. The van der Waals surface area contributed by atoms with Gasteiger partial charge >= 0.3 is 0 Å². The van der Waals surface area contributed by atoms with Crippen LogP contribution in [-0.2, 0) is 0 Å². The van der Waals surface area contributed by atoms with Gasteiger partial charge in [-0.3, -0.25) is 0 Å². The van der Waals surface area contributed by atoms with Crippen LogP contribution in [0.4, 0.5) is 0 Å². The maximum Gasteiger partial charge on any atom is 0.0701 e. The molecule has 2 heteroatoms. The first kappa shape index (κ1) is 9.74. The van der Waals surface area contributed by atoms with Crippen LogP contribution < -0.4 is 5.19 Å². The molecule has 0 fully saturated rings. The lowest BCUT2D eigenvalue weighted by molar-refractivity contribution is 1.72. The molecule has 12 heavy (non-hydrogen) atoms. The minimum Gasteiger partial charge on any atom is -0.0738 e. The van der Waals surface area contributed by atoms with E-state index in [4.69, 9.17) is 0 Å². The molecule has 0 heterocycles. The van der Waals surface area contributed by atoms with Crippen LogP contribution in [0.5, 0.6) is 0 Å². The van der Waals surface area contributed by atoms with Crippen molar-refractivity contribution in [2.24, 2.45) is 0 Å². The van der Waals surface area contributed by atoms with E-state index in [1.165, 1.54) is 0 Å². The quantitative estimate of drug-likeness (QED) is 0.633.